The van der Waals surface area contributed by atoms with Crippen LogP contribution in [0.2, 0.25) is 0 Å². The van der Waals surface area contributed by atoms with Gasteiger partial charge in [0.25, 0.3) is 0 Å². The molecular formula is C8H5N4O7. The summed E-state index contributed by atoms with van der Waals surface area (Å²) < 4.78 is 0. The molecule has 0 fully saturated rings. The predicted octanol–water partition coefficient (Wildman–Crippen LogP) is 1.18. The summed E-state index contributed by atoms with van der Waals surface area (Å²) in [5, 5.41) is 34.1. The van der Waals surface area contributed by atoms with Crippen LogP contribution in [0.25, 0.3) is 0 Å². The van der Waals surface area contributed by atoms with E-state index in [9.17, 15) is 35.1 Å². The van der Waals surface area contributed by atoms with Gasteiger partial charge in [-0.2, -0.15) is 0 Å². The van der Waals surface area contributed by atoms with E-state index in [0.29, 0.717) is 6.07 Å². The minimum Gasteiger partial charge on any atom is -0.320 e. The Morgan fingerprint density at radius 1 is 1.00 bits per heavy atom. The maximum absolute atomic E-state index is 10.8. The normalized spacial score (nSPS) is 9.74. The molecular weight excluding hydrogens is 264 g/mol. The number of nitrogens with zero attached hydrogens (tertiary/aromatic N) is 3. The zero-order valence-corrected chi connectivity index (χ0v) is 9.06. The van der Waals surface area contributed by atoms with Crippen LogP contribution in [-0.2, 0) is 4.79 Å². The second-order valence-corrected chi connectivity index (χ2v) is 3.15. The van der Waals surface area contributed by atoms with E-state index < -0.39 is 43.4 Å². The molecule has 0 saturated carbocycles. The highest BCUT2D eigenvalue weighted by molar-refractivity contribution is 5.97. The van der Waals surface area contributed by atoms with E-state index in [0.717, 1.165) is 6.07 Å². The van der Waals surface area contributed by atoms with Crippen LogP contribution in [0.1, 0.15) is 0 Å². The number of carbonyl (C=O) groups excluding carboxylic acids is 1. The molecule has 0 unspecified atom stereocenters. The molecule has 1 aromatic rings. The molecule has 0 aliphatic heterocycles. The Morgan fingerprint density at radius 2 is 1.53 bits per heavy atom. The Hall–Kier alpha value is -3.11. The Morgan fingerprint density at radius 3 is 1.89 bits per heavy atom. The van der Waals surface area contributed by atoms with Gasteiger partial charge in [-0.15, -0.1) is 0 Å². The monoisotopic (exact) mass is 269 g/mol. The van der Waals surface area contributed by atoms with E-state index in [1.165, 1.54) is 0 Å². The zero-order valence-electron chi connectivity index (χ0n) is 9.06. The van der Waals surface area contributed by atoms with Crippen molar-refractivity contribution in [1.82, 2.24) is 0 Å². The first-order valence-corrected chi connectivity index (χ1v) is 4.48. The standard InChI is InChI=1S/C8H5N4O7/c1-4(13)9-5-2-3-6(10(14)15)8(12(18)19)7(5)11(16)17/h2-3H,1H2,(H,9,13). The summed E-state index contributed by atoms with van der Waals surface area (Å²) in [6.07, 6.45) is 0. The van der Waals surface area contributed by atoms with E-state index >= 15 is 0 Å². The van der Waals surface area contributed by atoms with Gasteiger partial charge in [-0.1, -0.05) is 0 Å². The predicted molar refractivity (Wildman–Crippen MR) is 60.4 cm³/mol. The van der Waals surface area contributed by atoms with Gasteiger partial charge in [0.1, 0.15) is 5.69 Å². The lowest BCUT2D eigenvalue weighted by Crippen LogP contribution is -2.10. The van der Waals surface area contributed by atoms with Gasteiger partial charge in [0.15, 0.2) is 0 Å². The highest BCUT2D eigenvalue weighted by atomic mass is 16.6. The first kappa shape index (κ1) is 14.0. The minimum absolute atomic E-state index is 0.540. The van der Waals surface area contributed by atoms with Crippen molar-refractivity contribution in [3.63, 3.8) is 0 Å². The van der Waals surface area contributed by atoms with Crippen molar-refractivity contribution in [3.8, 4) is 0 Å². The molecule has 0 saturated heterocycles. The quantitative estimate of drug-likeness (QED) is 0.634. The van der Waals surface area contributed by atoms with Crippen molar-refractivity contribution < 1.29 is 19.6 Å². The highest BCUT2D eigenvalue weighted by Gasteiger charge is 2.38. The minimum atomic E-state index is -1.30. The Bertz CT molecular complexity index is 597. The first-order valence-electron chi connectivity index (χ1n) is 4.48. The fourth-order valence-corrected chi connectivity index (χ4v) is 1.33. The van der Waals surface area contributed by atoms with Crippen LogP contribution in [-0.4, -0.2) is 20.7 Å². The van der Waals surface area contributed by atoms with Crippen LogP contribution < -0.4 is 5.32 Å². The number of benzene rings is 1. The van der Waals surface area contributed by atoms with Crippen molar-refractivity contribution in [2.24, 2.45) is 0 Å². The number of carbonyl (C=O) groups is 1. The summed E-state index contributed by atoms with van der Waals surface area (Å²) in [5.74, 6) is -0.953. The summed E-state index contributed by atoms with van der Waals surface area (Å²) in [6.45, 7) is 2.89. The Kier molecular flexibility index (Phi) is 3.70. The fourth-order valence-electron chi connectivity index (χ4n) is 1.33. The number of hydrogen-bond donors (Lipinski definition) is 1. The van der Waals surface area contributed by atoms with Crippen LogP contribution in [0.3, 0.4) is 0 Å². The number of nitrogens with one attached hydrogen (secondary N) is 1. The topological polar surface area (TPSA) is 159 Å². The number of rotatable bonds is 4. The number of nitro groups is 3. The number of amides is 1. The molecule has 0 heterocycles. The third-order valence-corrected chi connectivity index (χ3v) is 1.97. The van der Waals surface area contributed by atoms with Crippen LogP contribution in [0.15, 0.2) is 12.1 Å². The summed E-state index contributed by atoms with van der Waals surface area (Å²) in [6, 6.07) is 1.52. The second kappa shape index (κ2) is 5.03. The molecule has 11 heteroatoms. The molecule has 1 amide bonds. The summed E-state index contributed by atoms with van der Waals surface area (Å²) in [4.78, 5) is 39.4. The summed E-state index contributed by atoms with van der Waals surface area (Å²) >= 11 is 0. The SMILES string of the molecule is [CH2]C(=O)Nc1ccc([N+](=O)[O-])c([N+](=O)[O-])c1[N+](=O)[O-]. The molecule has 1 radical (unpaired) electrons. The molecule has 0 aromatic heterocycles. The lowest BCUT2D eigenvalue weighted by atomic mass is 10.2. The molecule has 1 rings (SSSR count). The van der Waals surface area contributed by atoms with Crippen LogP contribution in [0, 0.1) is 37.3 Å². The third kappa shape index (κ3) is 2.77. The maximum atomic E-state index is 10.8. The average Bonchev–Trinajstić information content (AvgIpc) is 2.26. The maximum Gasteiger partial charge on any atom is 0.424 e. The highest BCUT2D eigenvalue weighted by Crippen LogP contribution is 2.41. The van der Waals surface area contributed by atoms with Gasteiger partial charge < -0.3 is 5.32 Å². The molecule has 0 aliphatic carbocycles. The number of hydrogen-bond acceptors (Lipinski definition) is 7. The van der Waals surface area contributed by atoms with E-state index in [1.54, 1.807) is 0 Å². The van der Waals surface area contributed by atoms with E-state index in [-0.39, 0.29) is 0 Å². The molecule has 0 bridgehead atoms. The van der Waals surface area contributed by atoms with Gasteiger partial charge >= 0.3 is 17.1 Å². The van der Waals surface area contributed by atoms with Crippen LogP contribution in [0.5, 0.6) is 0 Å². The first-order chi connectivity index (χ1) is 8.75. The Balaban J connectivity index is 3.68. The van der Waals surface area contributed by atoms with Gasteiger partial charge in [-0.25, -0.2) is 0 Å². The van der Waals surface area contributed by atoms with Crippen molar-refractivity contribution in [1.29, 1.82) is 0 Å². The lowest BCUT2D eigenvalue weighted by Gasteiger charge is -2.03. The van der Waals surface area contributed by atoms with Gasteiger partial charge in [0.05, 0.1) is 14.8 Å². The molecule has 0 aliphatic rings. The van der Waals surface area contributed by atoms with E-state index in [1.807, 2.05) is 5.32 Å². The number of nitro benzene ring substituents is 3. The molecule has 0 spiro atoms. The second-order valence-electron chi connectivity index (χ2n) is 3.15. The van der Waals surface area contributed by atoms with Gasteiger partial charge in [0, 0.05) is 13.0 Å². The van der Waals surface area contributed by atoms with Gasteiger partial charge in [0.2, 0.25) is 5.91 Å². The molecule has 1 aromatic carbocycles. The van der Waals surface area contributed by atoms with Crippen molar-refractivity contribution in [3.05, 3.63) is 49.4 Å². The molecule has 11 nitrogen and oxygen atoms in total. The largest absolute Gasteiger partial charge is 0.424 e. The van der Waals surface area contributed by atoms with Crippen molar-refractivity contribution >= 4 is 28.7 Å². The van der Waals surface area contributed by atoms with E-state index in [4.69, 9.17) is 0 Å². The fraction of sp³-hybridized carbons (Fsp3) is 0. The van der Waals surface area contributed by atoms with Crippen LogP contribution >= 0.6 is 0 Å². The zero-order chi connectivity index (χ0) is 14.7. The van der Waals surface area contributed by atoms with E-state index in [2.05, 4.69) is 6.92 Å². The van der Waals surface area contributed by atoms with Crippen LogP contribution in [0.4, 0.5) is 22.7 Å². The summed E-state index contributed by atoms with van der Waals surface area (Å²) in [7, 11) is 0. The van der Waals surface area contributed by atoms with Crippen molar-refractivity contribution in [2.45, 2.75) is 0 Å². The number of anilines is 1. The van der Waals surface area contributed by atoms with Crippen molar-refractivity contribution in [2.75, 3.05) is 5.32 Å². The molecule has 0 atom stereocenters. The molecule has 19 heavy (non-hydrogen) atoms. The molecule has 1 N–H and O–H groups in total. The average molecular weight is 269 g/mol. The summed E-state index contributed by atoms with van der Waals surface area (Å²) in [5.41, 5.74) is -4.06. The smallest absolute Gasteiger partial charge is 0.320 e. The molecule has 99 valence electrons. The Labute approximate surface area is 104 Å². The van der Waals surface area contributed by atoms with Gasteiger partial charge in [-0.05, 0) is 6.07 Å². The lowest BCUT2D eigenvalue weighted by molar-refractivity contribution is -0.440. The van der Waals surface area contributed by atoms with Gasteiger partial charge in [-0.3, -0.25) is 35.1 Å². The third-order valence-electron chi connectivity index (χ3n) is 1.97.